The maximum atomic E-state index is 13.7. The maximum absolute atomic E-state index is 13.7. The van der Waals surface area contributed by atoms with Crippen molar-refractivity contribution in [1.29, 1.82) is 0 Å². The second kappa shape index (κ2) is 8.10. The molecule has 0 spiro atoms. The highest BCUT2D eigenvalue weighted by Crippen LogP contribution is 2.44. The van der Waals surface area contributed by atoms with Crippen LogP contribution in [-0.4, -0.2) is 21.8 Å². The Bertz CT molecular complexity index is 1460. The van der Waals surface area contributed by atoms with Crippen LogP contribution < -0.4 is 4.90 Å². The molecule has 1 aliphatic heterocycles. The number of ketones is 1. The van der Waals surface area contributed by atoms with Crippen molar-refractivity contribution in [1.82, 2.24) is 4.98 Å². The van der Waals surface area contributed by atoms with Gasteiger partial charge in [0.15, 0.2) is 5.13 Å². The molecule has 0 radical (unpaired) electrons. The number of rotatable bonds is 3. The number of thiazole rings is 1. The van der Waals surface area contributed by atoms with Gasteiger partial charge in [-0.1, -0.05) is 64.9 Å². The van der Waals surface area contributed by atoms with E-state index in [4.69, 9.17) is 11.6 Å². The van der Waals surface area contributed by atoms with Gasteiger partial charge in [-0.3, -0.25) is 14.5 Å². The molecule has 164 valence electrons. The number of benzene rings is 3. The van der Waals surface area contributed by atoms with E-state index in [1.165, 1.54) is 23.1 Å². The first-order chi connectivity index (χ1) is 15.8. The van der Waals surface area contributed by atoms with E-state index >= 15 is 0 Å². The first-order valence-corrected chi connectivity index (χ1v) is 11.2. The quantitative estimate of drug-likeness (QED) is 0.222. The molecule has 1 aromatic heterocycles. The van der Waals surface area contributed by atoms with Gasteiger partial charge in [0.05, 0.1) is 21.8 Å². The lowest BCUT2D eigenvalue weighted by Gasteiger charge is -2.23. The van der Waals surface area contributed by atoms with Gasteiger partial charge in [0.25, 0.3) is 5.78 Å². The summed E-state index contributed by atoms with van der Waals surface area (Å²) >= 11 is 7.30. The molecule has 1 fully saturated rings. The molecule has 1 unspecified atom stereocenters. The summed E-state index contributed by atoms with van der Waals surface area (Å²) in [6.45, 7) is 1.91. The maximum Gasteiger partial charge on any atom is 0.301 e. The van der Waals surface area contributed by atoms with Gasteiger partial charge in [-0.15, -0.1) is 0 Å². The molecule has 1 atom stereocenters. The average molecular weight is 479 g/mol. The van der Waals surface area contributed by atoms with E-state index in [0.29, 0.717) is 26.4 Å². The van der Waals surface area contributed by atoms with Crippen LogP contribution in [0.15, 0.2) is 72.3 Å². The first kappa shape index (κ1) is 21.3. The monoisotopic (exact) mass is 478 g/mol. The Balaban J connectivity index is 1.74. The van der Waals surface area contributed by atoms with Crippen LogP contribution in [0.25, 0.3) is 16.0 Å². The molecule has 1 aliphatic rings. The van der Waals surface area contributed by atoms with Crippen molar-refractivity contribution in [3.63, 3.8) is 0 Å². The van der Waals surface area contributed by atoms with E-state index in [1.807, 2.05) is 19.1 Å². The molecule has 4 aromatic rings. The lowest BCUT2D eigenvalue weighted by atomic mass is 9.95. The van der Waals surface area contributed by atoms with E-state index in [0.717, 1.165) is 16.9 Å². The Morgan fingerprint density at radius 2 is 1.85 bits per heavy atom. The molecule has 0 bridgehead atoms. The third-order valence-corrected chi connectivity index (χ3v) is 6.73. The van der Waals surface area contributed by atoms with Crippen molar-refractivity contribution in [2.75, 3.05) is 4.90 Å². The molecule has 2 heterocycles. The van der Waals surface area contributed by atoms with Gasteiger partial charge in [-0.2, -0.15) is 0 Å². The Labute approximate surface area is 197 Å². The number of Topliss-reactive ketones (excluding diaryl/α,β-unsaturated/α-hetero) is 1. The van der Waals surface area contributed by atoms with Crippen molar-refractivity contribution in [2.24, 2.45) is 0 Å². The minimum Gasteiger partial charge on any atom is -0.507 e. The van der Waals surface area contributed by atoms with E-state index < -0.39 is 23.5 Å². The number of aliphatic hydroxyl groups is 1. The van der Waals surface area contributed by atoms with Gasteiger partial charge < -0.3 is 5.11 Å². The summed E-state index contributed by atoms with van der Waals surface area (Å²) in [7, 11) is 0. The zero-order valence-electron chi connectivity index (χ0n) is 17.3. The topological polar surface area (TPSA) is 70.5 Å². The SMILES string of the molecule is Cc1ccc(C(O)=C2C(=O)C(=O)N(c3nc4ccc(F)cc4s3)C2c2cccc(Cl)c2)cc1. The Morgan fingerprint density at radius 1 is 1.09 bits per heavy atom. The Morgan fingerprint density at radius 3 is 2.58 bits per heavy atom. The lowest BCUT2D eigenvalue weighted by molar-refractivity contribution is -0.132. The highest BCUT2D eigenvalue weighted by Gasteiger charge is 2.48. The number of amides is 1. The summed E-state index contributed by atoms with van der Waals surface area (Å²) in [6, 6.07) is 16.9. The number of aromatic nitrogens is 1. The number of halogens is 2. The molecule has 8 heteroatoms. The molecule has 0 aliphatic carbocycles. The van der Waals surface area contributed by atoms with E-state index in [-0.39, 0.29) is 16.5 Å². The molecule has 5 nitrogen and oxygen atoms in total. The summed E-state index contributed by atoms with van der Waals surface area (Å²) < 4.78 is 14.3. The number of aryl methyl sites for hydroxylation is 1. The molecule has 0 saturated carbocycles. The van der Waals surface area contributed by atoms with Crippen LogP contribution in [-0.2, 0) is 9.59 Å². The fourth-order valence-electron chi connectivity index (χ4n) is 3.88. The standard InChI is InChI=1S/C25H16ClFN2O3S/c1-13-5-7-14(8-6-13)22(30)20-21(15-3-2-4-16(26)11-15)29(24(32)23(20)31)25-28-18-10-9-17(27)12-19(18)33-25/h2-12,21,30H,1H3. The highest BCUT2D eigenvalue weighted by atomic mass is 35.5. The van der Waals surface area contributed by atoms with Gasteiger partial charge >= 0.3 is 5.91 Å². The zero-order chi connectivity index (χ0) is 23.3. The summed E-state index contributed by atoms with van der Waals surface area (Å²) in [6.07, 6.45) is 0. The highest BCUT2D eigenvalue weighted by molar-refractivity contribution is 7.22. The summed E-state index contributed by atoms with van der Waals surface area (Å²) in [5, 5.41) is 11.8. The van der Waals surface area contributed by atoms with Crippen LogP contribution in [0.1, 0.15) is 22.7 Å². The molecule has 1 saturated heterocycles. The van der Waals surface area contributed by atoms with E-state index in [9.17, 15) is 19.1 Å². The molecule has 33 heavy (non-hydrogen) atoms. The van der Waals surface area contributed by atoms with E-state index in [2.05, 4.69) is 4.98 Å². The van der Waals surface area contributed by atoms with Crippen LogP contribution >= 0.6 is 22.9 Å². The second-order valence-electron chi connectivity index (χ2n) is 7.70. The molecule has 5 rings (SSSR count). The first-order valence-electron chi connectivity index (χ1n) is 10.0. The number of aliphatic hydroxyl groups excluding tert-OH is 1. The van der Waals surface area contributed by atoms with Crippen LogP contribution in [0.5, 0.6) is 0 Å². The van der Waals surface area contributed by atoms with Gasteiger partial charge in [-0.05, 0) is 42.8 Å². The van der Waals surface area contributed by atoms with Crippen molar-refractivity contribution in [3.8, 4) is 0 Å². The zero-order valence-corrected chi connectivity index (χ0v) is 18.8. The van der Waals surface area contributed by atoms with Crippen LogP contribution in [0.4, 0.5) is 9.52 Å². The summed E-state index contributed by atoms with van der Waals surface area (Å²) in [5.74, 6) is -2.37. The van der Waals surface area contributed by atoms with Crippen LogP contribution in [0, 0.1) is 12.7 Å². The Hall–Kier alpha value is -3.55. The Kier molecular flexibility index (Phi) is 5.23. The fraction of sp³-hybridized carbons (Fsp3) is 0.0800. The lowest BCUT2D eigenvalue weighted by Crippen LogP contribution is -2.29. The van der Waals surface area contributed by atoms with Gasteiger partial charge in [-0.25, -0.2) is 9.37 Å². The minimum atomic E-state index is -0.949. The predicted octanol–water partition coefficient (Wildman–Crippen LogP) is 6.02. The predicted molar refractivity (Wildman–Crippen MR) is 127 cm³/mol. The normalized spacial score (nSPS) is 17.8. The smallest absolute Gasteiger partial charge is 0.301 e. The largest absolute Gasteiger partial charge is 0.507 e. The molecular weight excluding hydrogens is 463 g/mol. The number of hydrogen-bond donors (Lipinski definition) is 1. The van der Waals surface area contributed by atoms with Gasteiger partial charge in [0.1, 0.15) is 11.6 Å². The van der Waals surface area contributed by atoms with Gasteiger partial charge in [0.2, 0.25) is 0 Å². The number of nitrogens with zero attached hydrogens (tertiary/aromatic N) is 2. The molecule has 1 amide bonds. The fourth-order valence-corrected chi connectivity index (χ4v) is 5.09. The average Bonchev–Trinajstić information content (AvgIpc) is 3.32. The third kappa shape index (κ3) is 3.69. The number of carbonyl (C=O) groups excluding carboxylic acids is 2. The number of hydrogen-bond acceptors (Lipinski definition) is 5. The number of anilines is 1. The van der Waals surface area contributed by atoms with Crippen LogP contribution in [0.2, 0.25) is 5.02 Å². The number of fused-ring (bicyclic) bond motifs is 1. The summed E-state index contributed by atoms with van der Waals surface area (Å²) in [4.78, 5) is 32.1. The van der Waals surface area contributed by atoms with Crippen molar-refractivity contribution in [3.05, 3.63) is 99.8 Å². The second-order valence-corrected chi connectivity index (χ2v) is 9.14. The van der Waals surface area contributed by atoms with Crippen LogP contribution in [0.3, 0.4) is 0 Å². The van der Waals surface area contributed by atoms with Crippen molar-refractivity contribution in [2.45, 2.75) is 13.0 Å². The summed E-state index contributed by atoms with van der Waals surface area (Å²) in [5.41, 5.74) is 2.39. The molecule has 3 aromatic carbocycles. The van der Waals surface area contributed by atoms with Gasteiger partial charge in [0, 0.05) is 10.6 Å². The van der Waals surface area contributed by atoms with Crippen molar-refractivity contribution < 1.29 is 19.1 Å². The molecule has 1 N–H and O–H groups in total. The molecular formula is C25H16ClFN2O3S. The number of carbonyl (C=O) groups is 2. The minimum absolute atomic E-state index is 0.0587. The van der Waals surface area contributed by atoms with E-state index in [1.54, 1.807) is 36.4 Å². The van der Waals surface area contributed by atoms with Crippen molar-refractivity contribution >= 4 is 55.7 Å². The third-order valence-electron chi connectivity index (χ3n) is 5.48.